The van der Waals surface area contributed by atoms with Gasteiger partial charge in [-0.15, -0.1) is 0 Å². The van der Waals surface area contributed by atoms with E-state index in [9.17, 15) is 19.8 Å². The second-order valence-electron chi connectivity index (χ2n) is 9.32. The lowest BCUT2D eigenvalue weighted by molar-refractivity contribution is -0.235. The Morgan fingerprint density at radius 2 is 1.97 bits per heavy atom. The molecule has 1 aromatic rings. The molecule has 0 radical (unpaired) electrons. The summed E-state index contributed by atoms with van der Waals surface area (Å²) in [6, 6.07) is 1.51. The third-order valence-electron chi connectivity index (χ3n) is 6.91. The van der Waals surface area contributed by atoms with Crippen molar-refractivity contribution < 1.29 is 29.3 Å². The Morgan fingerprint density at radius 3 is 2.59 bits per heavy atom. The van der Waals surface area contributed by atoms with Gasteiger partial charge < -0.3 is 19.7 Å². The van der Waals surface area contributed by atoms with Crippen molar-refractivity contribution in [2.75, 3.05) is 0 Å². The molecular formula is C23H28O6. The molecule has 3 aliphatic rings. The van der Waals surface area contributed by atoms with Crippen molar-refractivity contribution in [3.8, 4) is 11.5 Å². The van der Waals surface area contributed by atoms with E-state index >= 15 is 0 Å². The number of allylic oxidation sites excluding steroid dienone is 2. The van der Waals surface area contributed by atoms with Crippen molar-refractivity contribution in [1.29, 1.82) is 0 Å². The summed E-state index contributed by atoms with van der Waals surface area (Å²) in [7, 11) is 0. The van der Waals surface area contributed by atoms with Gasteiger partial charge in [0.15, 0.2) is 18.7 Å². The zero-order valence-corrected chi connectivity index (χ0v) is 17.3. The van der Waals surface area contributed by atoms with Gasteiger partial charge in [-0.05, 0) is 59.4 Å². The number of aliphatic hydroxyl groups is 2. The largest absolute Gasteiger partial charge is 0.487 e. The fourth-order valence-corrected chi connectivity index (χ4v) is 5.52. The number of rotatable bonds is 5. The fourth-order valence-electron chi connectivity index (χ4n) is 5.52. The van der Waals surface area contributed by atoms with Crippen LogP contribution in [0.1, 0.15) is 79.7 Å². The Kier molecular flexibility index (Phi) is 4.44. The van der Waals surface area contributed by atoms with Crippen molar-refractivity contribution in [2.24, 2.45) is 5.92 Å². The van der Waals surface area contributed by atoms with Crippen LogP contribution in [0, 0.1) is 5.92 Å². The molecule has 1 fully saturated rings. The quantitative estimate of drug-likeness (QED) is 0.582. The minimum Gasteiger partial charge on any atom is -0.487 e. The Bertz CT molecular complexity index is 912. The third-order valence-corrected chi connectivity index (χ3v) is 6.91. The first-order chi connectivity index (χ1) is 13.6. The molecule has 156 valence electrons. The van der Waals surface area contributed by atoms with E-state index in [-0.39, 0.29) is 22.8 Å². The number of ether oxygens (including phenoxy) is 2. The molecule has 2 aliphatic heterocycles. The Balaban J connectivity index is 1.92. The average Bonchev–Trinajstić information content (AvgIpc) is 2.96. The molecular weight excluding hydrogens is 372 g/mol. The zero-order chi connectivity index (χ0) is 21.2. The molecule has 29 heavy (non-hydrogen) atoms. The van der Waals surface area contributed by atoms with Crippen LogP contribution in [0.5, 0.6) is 11.5 Å². The Labute approximate surface area is 170 Å². The third kappa shape index (κ3) is 2.69. The number of hydrogen-bond acceptors (Lipinski definition) is 6. The lowest BCUT2D eigenvalue weighted by Crippen LogP contribution is -2.67. The van der Waals surface area contributed by atoms with Crippen LogP contribution in [0.15, 0.2) is 17.7 Å². The summed E-state index contributed by atoms with van der Waals surface area (Å²) in [5, 5.41) is 23.1. The molecule has 2 heterocycles. The monoisotopic (exact) mass is 400 g/mol. The van der Waals surface area contributed by atoms with Crippen LogP contribution in [0.25, 0.3) is 0 Å². The lowest BCUT2D eigenvalue weighted by Gasteiger charge is -2.56. The van der Waals surface area contributed by atoms with Gasteiger partial charge in [-0.3, -0.25) is 9.59 Å². The molecule has 1 saturated carbocycles. The molecule has 0 aromatic heterocycles. The van der Waals surface area contributed by atoms with Crippen molar-refractivity contribution in [2.45, 2.75) is 76.3 Å². The van der Waals surface area contributed by atoms with Crippen molar-refractivity contribution in [3.05, 3.63) is 34.4 Å². The van der Waals surface area contributed by atoms with Crippen LogP contribution in [0.3, 0.4) is 0 Å². The second-order valence-corrected chi connectivity index (χ2v) is 9.32. The molecule has 2 N–H and O–H groups in total. The predicted molar refractivity (Wildman–Crippen MR) is 107 cm³/mol. The van der Waals surface area contributed by atoms with Crippen LogP contribution in [0.4, 0.5) is 0 Å². The van der Waals surface area contributed by atoms with E-state index in [1.54, 1.807) is 6.92 Å². The molecule has 1 aliphatic carbocycles. The smallest absolute Gasteiger partial charge is 0.160 e. The average molecular weight is 400 g/mol. The standard InChI is InChI=1S/C23H28O6/c1-13(2)6-5-8-22(4)17-7-9-21(3,26)20-23(17,27)18-16(29-22)10-14(11-24)15(12-25)19(18)28-20/h6,10-12,17,20,26-27H,5,7-9H2,1-4H3/t17-,20-,21-,22-,23+/m1/s1. The maximum atomic E-state index is 12.0. The van der Waals surface area contributed by atoms with Gasteiger partial charge in [0.2, 0.25) is 0 Å². The second kappa shape index (κ2) is 6.41. The van der Waals surface area contributed by atoms with Crippen LogP contribution in [-0.2, 0) is 5.60 Å². The van der Waals surface area contributed by atoms with Gasteiger partial charge in [0.05, 0.1) is 11.1 Å². The first-order valence-electron chi connectivity index (χ1n) is 10.1. The van der Waals surface area contributed by atoms with Gasteiger partial charge in [0, 0.05) is 11.5 Å². The molecule has 0 saturated heterocycles. The summed E-state index contributed by atoms with van der Waals surface area (Å²) in [5.41, 5.74) is -1.65. The van der Waals surface area contributed by atoms with Crippen LogP contribution in [0.2, 0.25) is 0 Å². The summed E-state index contributed by atoms with van der Waals surface area (Å²) >= 11 is 0. The SMILES string of the molecule is CC(C)=CCC[C@@]1(C)Oc2cc(C=O)c(C=O)c3c2[C@@]2(O)[C@@H]1CC[C@@](C)(O)[C@H]2O3. The highest BCUT2D eigenvalue weighted by Gasteiger charge is 2.69. The number of carbonyl (C=O) groups is 2. The van der Waals surface area contributed by atoms with Gasteiger partial charge in [-0.2, -0.15) is 0 Å². The van der Waals surface area contributed by atoms with E-state index in [0.29, 0.717) is 43.1 Å². The van der Waals surface area contributed by atoms with Crippen LogP contribution < -0.4 is 9.47 Å². The van der Waals surface area contributed by atoms with Gasteiger partial charge >= 0.3 is 0 Å². The van der Waals surface area contributed by atoms with E-state index in [2.05, 4.69) is 6.08 Å². The number of benzene rings is 1. The van der Waals surface area contributed by atoms with E-state index in [0.717, 1.165) is 6.42 Å². The number of aldehydes is 2. The van der Waals surface area contributed by atoms with E-state index in [1.807, 2.05) is 20.8 Å². The lowest BCUT2D eigenvalue weighted by atomic mass is 9.58. The number of carbonyl (C=O) groups excluding carboxylic acids is 2. The van der Waals surface area contributed by atoms with Gasteiger partial charge in [0.1, 0.15) is 28.3 Å². The highest BCUT2D eigenvalue weighted by atomic mass is 16.5. The number of hydrogen-bond donors (Lipinski definition) is 2. The fraction of sp³-hybridized carbons (Fsp3) is 0.565. The molecule has 6 heteroatoms. The summed E-state index contributed by atoms with van der Waals surface area (Å²) in [6.45, 7) is 7.69. The molecule has 0 amide bonds. The molecule has 1 aromatic carbocycles. The summed E-state index contributed by atoms with van der Waals surface area (Å²) in [5.74, 6) is 0.193. The van der Waals surface area contributed by atoms with Gasteiger partial charge in [-0.25, -0.2) is 0 Å². The van der Waals surface area contributed by atoms with Crippen LogP contribution in [-0.4, -0.2) is 40.1 Å². The normalized spacial score (nSPS) is 36.5. The van der Waals surface area contributed by atoms with Gasteiger partial charge in [-0.1, -0.05) is 11.6 Å². The zero-order valence-electron chi connectivity index (χ0n) is 17.3. The van der Waals surface area contributed by atoms with Gasteiger partial charge in [0.25, 0.3) is 0 Å². The molecule has 0 unspecified atom stereocenters. The molecule has 5 atom stereocenters. The minimum atomic E-state index is -1.50. The molecule has 6 nitrogen and oxygen atoms in total. The topological polar surface area (TPSA) is 93.1 Å². The molecule has 0 bridgehead atoms. The van der Waals surface area contributed by atoms with Crippen molar-refractivity contribution in [3.63, 3.8) is 0 Å². The highest BCUT2D eigenvalue weighted by Crippen LogP contribution is 2.64. The first-order valence-corrected chi connectivity index (χ1v) is 10.1. The maximum absolute atomic E-state index is 12.0. The van der Waals surface area contributed by atoms with Crippen molar-refractivity contribution in [1.82, 2.24) is 0 Å². The summed E-state index contributed by atoms with van der Waals surface area (Å²) in [4.78, 5) is 23.3. The highest BCUT2D eigenvalue weighted by molar-refractivity contribution is 5.95. The Hall–Kier alpha value is -2.18. The van der Waals surface area contributed by atoms with Crippen molar-refractivity contribution >= 4 is 12.6 Å². The summed E-state index contributed by atoms with van der Waals surface area (Å²) in [6.07, 6.45) is 4.79. The first kappa shape index (κ1) is 20.1. The Morgan fingerprint density at radius 1 is 1.24 bits per heavy atom. The maximum Gasteiger partial charge on any atom is 0.160 e. The molecule has 4 rings (SSSR count). The summed E-state index contributed by atoms with van der Waals surface area (Å²) < 4.78 is 12.5. The van der Waals surface area contributed by atoms with Crippen LogP contribution >= 0.6 is 0 Å². The predicted octanol–water partition coefficient (Wildman–Crippen LogP) is 3.32. The van der Waals surface area contributed by atoms with E-state index in [1.165, 1.54) is 11.6 Å². The van der Waals surface area contributed by atoms with E-state index in [4.69, 9.17) is 9.47 Å². The molecule has 0 spiro atoms. The van der Waals surface area contributed by atoms with E-state index < -0.39 is 22.9 Å². The minimum absolute atomic E-state index is 0.0906.